The largest absolute Gasteiger partial charge is 0.489 e. The molecule has 8 heteroatoms. The summed E-state index contributed by atoms with van der Waals surface area (Å²) < 4.78 is 34.8. The van der Waals surface area contributed by atoms with Crippen molar-refractivity contribution >= 4 is 11.6 Å². The van der Waals surface area contributed by atoms with Gasteiger partial charge in [0.05, 0.1) is 6.20 Å². The molecule has 2 aromatic carbocycles. The highest BCUT2D eigenvalue weighted by atomic mass is 19.1. The molecule has 0 aliphatic carbocycles. The molecule has 146 valence electrons. The molecule has 4 rings (SSSR count). The fourth-order valence-corrected chi connectivity index (χ4v) is 2.76. The molecule has 4 aromatic rings. The summed E-state index contributed by atoms with van der Waals surface area (Å²) in [6.07, 6.45) is 3.08. The molecular weight excluding hydrogens is 378 g/mol. The highest BCUT2D eigenvalue weighted by molar-refractivity contribution is 5.92. The van der Waals surface area contributed by atoms with Crippen LogP contribution in [0.25, 0.3) is 5.65 Å². The number of nitrogens with zero attached hydrogens (tertiary/aromatic N) is 3. The number of carbonyl (C=O) groups is 1. The van der Waals surface area contributed by atoms with Gasteiger partial charge in [0.25, 0.3) is 5.91 Å². The number of hydrogen-bond donors (Lipinski definition) is 1. The van der Waals surface area contributed by atoms with Gasteiger partial charge < -0.3 is 10.1 Å². The average Bonchev–Trinajstić information content (AvgIpc) is 3.17. The zero-order valence-electron chi connectivity index (χ0n) is 15.2. The lowest BCUT2D eigenvalue weighted by atomic mass is 10.2. The van der Waals surface area contributed by atoms with Crippen molar-refractivity contribution in [1.29, 1.82) is 0 Å². The van der Waals surface area contributed by atoms with Crippen molar-refractivity contribution in [2.45, 2.75) is 13.2 Å². The van der Waals surface area contributed by atoms with Crippen molar-refractivity contribution in [3.8, 4) is 5.75 Å². The number of benzene rings is 2. The second-order valence-corrected chi connectivity index (χ2v) is 6.27. The van der Waals surface area contributed by atoms with Crippen LogP contribution < -0.4 is 10.1 Å². The van der Waals surface area contributed by atoms with E-state index in [4.69, 9.17) is 4.74 Å². The second kappa shape index (κ2) is 8.05. The van der Waals surface area contributed by atoms with Gasteiger partial charge in [-0.25, -0.2) is 18.3 Å². The van der Waals surface area contributed by atoms with Crippen molar-refractivity contribution in [2.75, 3.05) is 0 Å². The Bertz CT molecular complexity index is 1140. The van der Waals surface area contributed by atoms with Crippen LogP contribution >= 0.6 is 0 Å². The predicted octanol–water partition coefficient (Wildman–Crippen LogP) is 3.52. The number of aromatic nitrogens is 3. The maximum absolute atomic E-state index is 14.1. The minimum absolute atomic E-state index is 0.0123. The van der Waals surface area contributed by atoms with Crippen molar-refractivity contribution in [3.63, 3.8) is 0 Å². The van der Waals surface area contributed by atoms with E-state index in [1.54, 1.807) is 36.5 Å². The zero-order valence-corrected chi connectivity index (χ0v) is 15.2. The molecule has 0 radical (unpaired) electrons. The Morgan fingerprint density at radius 3 is 2.69 bits per heavy atom. The van der Waals surface area contributed by atoms with E-state index in [-0.39, 0.29) is 30.2 Å². The molecule has 0 spiro atoms. The molecule has 6 nitrogen and oxygen atoms in total. The monoisotopic (exact) mass is 394 g/mol. The zero-order chi connectivity index (χ0) is 20.2. The van der Waals surface area contributed by atoms with Gasteiger partial charge in [0.2, 0.25) is 0 Å². The first-order valence-corrected chi connectivity index (χ1v) is 8.83. The molecule has 0 aliphatic rings. The van der Waals surface area contributed by atoms with Gasteiger partial charge in [0, 0.05) is 23.9 Å². The SMILES string of the molecule is O=C(NCc1cc(OCc2ccccc2F)ccc1F)c1cn2ncccc2n1. The first-order valence-electron chi connectivity index (χ1n) is 8.83. The van der Waals surface area contributed by atoms with Crippen LogP contribution in [0.2, 0.25) is 0 Å². The van der Waals surface area contributed by atoms with Gasteiger partial charge in [0.15, 0.2) is 5.65 Å². The first kappa shape index (κ1) is 18.5. The fourth-order valence-electron chi connectivity index (χ4n) is 2.76. The topological polar surface area (TPSA) is 68.5 Å². The number of fused-ring (bicyclic) bond motifs is 1. The standard InChI is InChI=1S/C21H16F2N4O2/c22-17-5-2-1-4-14(17)13-29-16-7-8-18(23)15(10-16)11-24-21(28)19-12-27-20(26-19)6-3-9-25-27/h1-10,12H,11,13H2,(H,24,28). The van der Waals surface area contributed by atoms with Crippen LogP contribution in [-0.2, 0) is 13.2 Å². The molecule has 29 heavy (non-hydrogen) atoms. The number of hydrogen-bond acceptors (Lipinski definition) is 4. The summed E-state index contributed by atoms with van der Waals surface area (Å²) in [5.41, 5.74) is 1.35. The van der Waals surface area contributed by atoms with Gasteiger partial charge in [-0.3, -0.25) is 4.79 Å². The number of halogens is 2. The third-order valence-electron chi connectivity index (χ3n) is 4.28. The minimum atomic E-state index is -0.486. The van der Waals surface area contributed by atoms with Crippen LogP contribution in [0, 0.1) is 11.6 Å². The highest BCUT2D eigenvalue weighted by Crippen LogP contribution is 2.19. The van der Waals surface area contributed by atoms with Crippen molar-refractivity contribution < 1.29 is 18.3 Å². The van der Waals surface area contributed by atoms with E-state index in [9.17, 15) is 13.6 Å². The van der Waals surface area contributed by atoms with Gasteiger partial charge in [0.1, 0.15) is 29.7 Å². The molecule has 0 saturated heterocycles. The Labute approximate surface area is 164 Å². The minimum Gasteiger partial charge on any atom is -0.489 e. The molecule has 2 aromatic heterocycles. The number of imidazole rings is 1. The summed E-state index contributed by atoms with van der Waals surface area (Å²) in [4.78, 5) is 16.5. The van der Waals surface area contributed by atoms with Crippen molar-refractivity contribution in [3.05, 3.63) is 95.4 Å². The second-order valence-electron chi connectivity index (χ2n) is 6.27. The van der Waals surface area contributed by atoms with Gasteiger partial charge in [-0.1, -0.05) is 18.2 Å². The Hall–Kier alpha value is -3.81. The van der Waals surface area contributed by atoms with Gasteiger partial charge in [-0.05, 0) is 36.4 Å². The van der Waals surface area contributed by atoms with Gasteiger partial charge in [-0.2, -0.15) is 5.10 Å². The summed E-state index contributed by atoms with van der Waals surface area (Å²) in [6, 6.07) is 13.9. The number of carbonyl (C=O) groups excluding carboxylic acids is 1. The lowest BCUT2D eigenvalue weighted by molar-refractivity contribution is 0.0946. The summed E-state index contributed by atoms with van der Waals surface area (Å²) in [7, 11) is 0. The van der Waals surface area contributed by atoms with Gasteiger partial charge >= 0.3 is 0 Å². The van der Waals surface area contributed by atoms with E-state index in [1.165, 1.54) is 35.0 Å². The number of nitrogens with one attached hydrogen (secondary N) is 1. The average molecular weight is 394 g/mol. The number of rotatable bonds is 6. The van der Waals surface area contributed by atoms with Crippen LogP contribution in [0.1, 0.15) is 21.6 Å². The summed E-state index contributed by atoms with van der Waals surface area (Å²) in [5, 5.41) is 6.68. The molecule has 0 unspecified atom stereocenters. The van der Waals surface area contributed by atoms with E-state index in [2.05, 4.69) is 15.4 Å². The molecule has 1 amide bonds. The number of amides is 1. The lowest BCUT2D eigenvalue weighted by Crippen LogP contribution is -2.23. The maximum Gasteiger partial charge on any atom is 0.271 e. The van der Waals surface area contributed by atoms with Crippen LogP contribution in [0.15, 0.2) is 67.0 Å². The summed E-state index contributed by atoms with van der Waals surface area (Å²) >= 11 is 0. The Morgan fingerprint density at radius 2 is 1.86 bits per heavy atom. The number of ether oxygens (including phenoxy) is 1. The summed E-state index contributed by atoms with van der Waals surface area (Å²) in [6.45, 7) is -0.0405. The maximum atomic E-state index is 14.1. The van der Waals surface area contributed by atoms with E-state index in [0.717, 1.165) is 0 Å². The summed E-state index contributed by atoms with van der Waals surface area (Å²) in [5.74, 6) is -0.937. The Kier molecular flexibility index (Phi) is 5.15. The third kappa shape index (κ3) is 4.21. The first-order chi connectivity index (χ1) is 14.1. The third-order valence-corrected chi connectivity index (χ3v) is 4.28. The van der Waals surface area contributed by atoms with E-state index in [1.807, 2.05) is 0 Å². The predicted molar refractivity (Wildman–Crippen MR) is 101 cm³/mol. The van der Waals surface area contributed by atoms with E-state index < -0.39 is 11.7 Å². The van der Waals surface area contributed by atoms with Crippen molar-refractivity contribution in [2.24, 2.45) is 0 Å². The van der Waals surface area contributed by atoms with Crippen molar-refractivity contribution in [1.82, 2.24) is 19.9 Å². The fraction of sp³-hybridized carbons (Fsp3) is 0.0952. The smallest absolute Gasteiger partial charge is 0.271 e. The Balaban J connectivity index is 1.42. The molecular formula is C21H16F2N4O2. The van der Waals surface area contributed by atoms with Crippen LogP contribution in [-0.4, -0.2) is 20.5 Å². The van der Waals surface area contributed by atoms with E-state index >= 15 is 0 Å². The van der Waals surface area contributed by atoms with Crippen LogP contribution in [0.3, 0.4) is 0 Å². The quantitative estimate of drug-likeness (QED) is 0.543. The molecule has 0 saturated carbocycles. The van der Waals surface area contributed by atoms with Gasteiger partial charge in [-0.15, -0.1) is 0 Å². The normalized spacial score (nSPS) is 10.8. The van der Waals surface area contributed by atoms with Crippen LogP contribution in [0.4, 0.5) is 8.78 Å². The molecule has 0 atom stereocenters. The molecule has 2 heterocycles. The molecule has 0 aliphatic heterocycles. The highest BCUT2D eigenvalue weighted by Gasteiger charge is 2.13. The lowest BCUT2D eigenvalue weighted by Gasteiger charge is -2.10. The van der Waals surface area contributed by atoms with E-state index in [0.29, 0.717) is 17.0 Å². The molecule has 0 fully saturated rings. The Morgan fingerprint density at radius 1 is 1.03 bits per heavy atom. The molecule has 0 bridgehead atoms. The molecule has 1 N–H and O–H groups in total. The van der Waals surface area contributed by atoms with Crippen LogP contribution in [0.5, 0.6) is 5.75 Å².